The number of morpholine rings is 1. The number of benzene rings is 2. The predicted octanol–water partition coefficient (Wildman–Crippen LogP) is 3.87. The molecule has 4 heteroatoms. The van der Waals surface area contributed by atoms with Crippen molar-refractivity contribution in [1.82, 2.24) is 0 Å². The quantitative estimate of drug-likeness (QED) is 0.635. The lowest BCUT2D eigenvalue weighted by Gasteiger charge is -2.31. The summed E-state index contributed by atoms with van der Waals surface area (Å²) in [5.41, 5.74) is 1.71. The Morgan fingerprint density at radius 1 is 1.18 bits per heavy atom. The van der Waals surface area contributed by atoms with Crippen molar-refractivity contribution in [2.45, 2.75) is 11.8 Å². The van der Waals surface area contributed by atoms with Gasteiger partial charge in [0.25, 0.3) is 0 Å². The monoisotopic (exact) mass is 313 g/mol. The van der Waals surface area contributed by atoms with Gasteiger partial charge in [0, 0.05) is 23.4 Å². The molecule has 1 fully saturated rings. The maximum Gasteiger partial charge on any atom is 0.219 e. The van der Waals surface area contributed by atoms with Crippen molar-refractivity contribution >= 4 is 33.3 Å². The highest BCUT2D eigenvalue weighted by molar-refractivity contribution is 8.14. The van der Waals surface area contributed by atoms with E-state index in [-0.39, 0.29) is 5.12 Å². The molecular weight excluding hydrogens is 294 g/mol. The van der Waals surface area contributed by atoms with E-state index in [9.17, 15) is 4.79 Å². The zero-order valence-corrected chi connectivity index (χ0v) is 13.5. The molecule has 0 atom stereocenters. The molecule has 2 aromatic rings. The van der Waals surface area contributed by atoms with Crippen molar-refractivity contribution in [2.24, 2.45) is 0 Å². The molecule has 1 heterocycles. The Morgan fingerprint density at radius 2 is 1.91 bits per heavy atom. The minimum Gasteiger partial charge on any atom is -0.378 e. The van der Waals surface area contributed by atoms with Gasteiger partial charge in [0.05, 0.1) is 18.9 Å². The summed E-state index contributed by atoms with van der Waals surface area (Å²) < 4.78 is 5.46. The summed E-state index contributed by atoms with van der Waals surface area (Å²) in [6.45, 7) is 8.65. The molecule has 22 heavy (non-hydrogen) atoms. The molecule has 1 aliphatic rings. The summed E-state index contributed by atoms with van der Waals surface area (Å²) in [5, 5.41) is 2.39. The fraction of sp³-hybridized carbons (Fsp3) is 0.278. The van der Waals surface area contributed by atoms with Gasteiger partial charge in [-0.25, -0.2) is 0 Å². The molecule has 0 bridgehead atoms. The van der Waals surface area contributed by atoms with E-state index in [4.69, 9.17) is 4.74 Å². The van der Waals surface area contributed by atoms with E-state index in [1.54, 1.807) is 6.92 Å². The topological polar surface area (TPSA) is 29.5 Å². The summed E-state index contributed by atoms with van der Waals surface area (Å²) in [6, 6.07) is 12.4. The minimum absolute atomic E-state index is 0.0183. The van der Waals surface area contributed by atoms with Crippen molar-refractivity contribution in [2.75, 3.05) is 31.2 Å². The molecule has 0 amide bonds. The van der Waals surface area contributed by atoms with Crippen molar-refractivity contribution in [3.8, 4) is 0 Å². The first-order valence-electron chi connectivity index (χ1n) is 7.39. The van der Waals surface area contributed by atoms with Gasteiger partial charge in [-0.15, -0.1) is 0 Å². The van der Waals surface area contributed by atoms with Gasteiger partial charge in [-0.3, -0.25) is 4.79 Å². The first kappa shape index (κ1) is 15.1. The van der Waals surface area contributed by atoms with Crippen LogP contribution in [-0.4, -0.2) is 31.4 Å². The summed E-state index contributed by atoms with van der Waals surface area (Å²) in [4.78, 5) is 15.4. The molecule has 0 saturated carbocycles. The Morgan fingerprint density at radius 3 is 2.64 bits per heavy atom. The lowest BCUT2D eigenvalue weighted by atomic mass is 10.1. The summed E-state index contributed by atoms with van der Waals surface area (Å²) in [6.07, 6.45) is 0. The van der Waals surface area contributed by atoms with Crippen LogP contribution in [0.5, 0.6) is 0 Å². The Bertz CT molecular complexity index is 720. The van der Waals surface area contributed by atoms with Crippen molar-refractivity contribution in [1.29, 1.82) is 0 Å². The van der Waals surface area contributed by atoms with Gasteiger partial charge in [0.15, 0.2) is 0 Å². The number of hydrogen-bond acceptors (Lipinski definition) is 4. The minimum atomic E-state index is 0.0183. The predicted molar refractivity (Wildman–Crippen MR) is 92.7 cm³/mol. The van der Waals surface area contributed by atoms with E-state index >= 15 is 0 Å². The second kappa shape index (κ2) is 6.55. The van der Waals surface area contributed by atoms with Crippen LogP contribution in [0.4, 0.5) is 5.69 Å². The molecule has 3 rings (SSSR count). The third-order valence-corrected chi connectivity index (χ3v) is 4.83. The number of nitrogens with zero attached hydrogens (tertiary/aromatic N) is 1. The molecule has 0 unspecified atom stereocenters. The molecule has 0 aliphatic carbocycles. The lowest BCUT2D eigenvalue weighted by Crippen LogP contribution is -2.36. The van der Waals surface area contributed by atoms with Crippen molar-refractivity contribution < 1.29 is 9.53 Å². The summed E-state index contributed by atoms with van der Waals surface area (Å²) in [7, 11) is 0. The highest BCUT2D eigenvalue weighted by atomic mass is 32.2. The SMILES string of the molecule is C=C(C)C(=O)Sc1ccc2ccccc2c1N1CCOCC1. The van der Waals surface area contributed by atoms with Crippen LogP contribution in [0.25, 0.3) is 10.8 Å². The van der Waals surface area contributed by atoms with Crippen molar-refractivity contribution in [3.05, 3.63) is 48.6 Å². The van der Waals surface area contributed by atoms with E-state index in [1.165, 1.54) is 22.5 Å². The number of thioether (sulfide) groups is 1. The van der Waals surface area contributed by atoms with Crippen LogP contribution in [0.3, 0.4) is 0 Å². The molecule has 114 valence electrons. The molecule has 0 radical (unpaired) electrons. The molecule has 0 spiro atoms. The largest absolute Gasteiger partial charge is 0.378 e. The highest BCUT2D eigenvalue weighted by Gasteiger charge is 2.19. The first-order valence-corrected chi connectivity index (χ1v) is 8.20. The van der Waals surface area contributed by atoms with E-state index in [2.05, 4.69) is 29.7 Å². The Balaban J connectivity index is 2.09. The Labute approximate surface area is 134 Å². The molecule has 0 aromatic heterocycles. The van der Waals surface area contributed by atoms with Gasteiger partial charge in [0.2, 0.25) is 5.12 Å². The number of carbonyl (C=O) groups is 1. The lowest BCUT2D eigenvalue weighted by molar-refractivity contribution is -0.107. The van der Waals surface area contributed by atoms with E-state index in [0.717, 1.165) is 36.9 Å². The maximum atomic E-state index is 12.1. The van der Waals surface area contributed by atoms with E-state index in [1.807, 2.05) is 18.2 Å². The third kappa shape index (κ3) is 3.03. The second-order valence-electron chi connectivity index (χ2n) is 5.40. The molecule has 3 nitrogen and oxygen atoms in total. The van der Waals surface area contributed by atoms with Gasteiger partial charge in [-0.2, -0.15) is 0 Å². The smallest absolute Gasteiger partial charge is 0.219 e. The molecule has 0 N–H and O–H groups in total. The molecule has 1 saturated heterocycles. The van der Waals surface area contributed by atoms with Crippen LogP contribution in [0.1, 0.15) is 6.92 Å². The van der Waals surface area contributed by atoms with E-state index < -0.39 is 0 Å². The van der Waals surface area contributed by atoms with E-state index in [0.29, 0.717) is 5.57 Å². The zero-order chi connectivity index (χ0) is 15.5. The first-order chi connectivity index (χ1) is 10.7. The summed E-state index contributed by atoms with van der Waals surface area (Å²) >= 11 is 1.27. The average Bonchev–Trinajstić information content (AvgIpc) is 2.55. The van der Waals surface area contributed by atoms with Crippen LogP contribution in [0.2, 0.25) is 0 Å². The fourth-order valence-corrected chi connectivity index (χ4v) is 3.46. The number of fused-ring (bicyclic) bond motifs is 1. The van der Waals surface area contributed by atoms with Gasteiger partial charge in [0.1, 0.15) is 0 Å². The van der Waals surface area contributed by atoms with Gasteiger partial charge in [-0.1, -0.05) is 36.9 Å². The van der Waals surface area contributed by atoms with Crippen molar-refractivity contribution in [3.63, 3.8) is 0 Å². The van der Waals surface area contributed by atoms with Crippen LogP contribution >= 0.6 is 11.8 Å². The number of rotatable bonds is 3. The Hall–Kier alpha value is -1.78. The number of anilines is 1. The number of carbonyl (C=O) groups excluding carboxylic acids is 1. The molecule has 1 aliphatic heterocycles. The standard InChI is InChI=1S/C18H19NO2S/c1-13(2)18(20)22-16-8-7-14-5-3-4-6-15(14)17(16)19-9-11-21-12-10-19/h3-8H,1,9-12H2,2H3. The fourth-order valence-electron chi connectivity index (χ4n) is 2.62. The average molecular weight is 313 g/mol. The maximum absolute atomic E-state index is 12.1. The second-order valence-corrected chi connectivity index (χ2v) is 6.42. The third-order valence-electron chi connectivity index (χ3n) is 3.74. The molecule has 2 aromatic carbocycles. The number of ether oxygens (including phenoxy) is 1. The van der Waals surface area contributed by atoms with Crippen LogP contribution in [0, 0.1) is 0 Å². The van der Waals surface area contributed by atoms with Crippen LogP contribution in [-0.2, 0) is 9.53 Å². The van der Waals surface area contributed by atoms with Crippen LogP contribution in [0.15, 0.2) is 53.4 Å². The zero-order valence-electron chi connectivity index (χ0n) is 12.7. The molecular formula is C18H19NO2S. The summed E-state index contributed by atoms with van der Waals surface area (Å²) in [5.74, 6) is 0. The van der Waals surface area contributed by atoms with Gasteiger partial charge in [-0.05, 0) is 35.7 Å². The van der Waals surface area contributed by atoms with Gasteiger partial charge < -0.3 is 9.64 Å². The normalized spacial score (nSPS) is 15.0. The highest BCUT2D eigenvalue weighted by Crippen LogP contribution is 2.38. The Kier molecular flexibility index (Phi) is 4.50. The van der Waals surface area contributed by atoms with Gasteiger partial charge >= 0.3 is 0 Å². The van der Waals surface area contributed by atoms with Crippen LogP contribution < -0.4 is 4.90 Å². The number of hydrogen-bond donors (Lipinski definition) is 0.